The van der Waals surface area contributed by atoms with Crippen LogP contribution >= 0.6 is 0 Å². The number of rotatable bonds is 1. The fraction of sp³-hybridized carbons (Fsp3) is 0.889. The lowest BCUT2D eigenvalue weighted by Gasteiger charge is -2.31. The number of morpholine rings is 1. The minimum Gasteiger partial charge on any atom is -0.378 e. The molecule has 5 nitrogen and oxygen atoms in total. The Kier molecular flexibility index (Phi) is 3.34. The molecular formula is C9H16N3O2. The van der Waals surface area contributed by atoms with E-state index in [0.29, 0.717) is 32.8 Å². The molecule has 1 unspecified atom stereocenters. The lowest BCUT2D eigenvalue weighted by Crippen LogP contribution is -2.55. The zero-order valence-electron chi connectivity index (χ0n) is 8.24. The summed E-state index contributed by atoms with van der Waals surface area (Å²) in [5.41, 5.74) is 0. The molecule has 0 aromatic rings. The Morgan fingerprint density at radius 2 is 2.21 bits per heavy atom. The lowest BCUT2D eigenvalue weighted by atomic mass is 10.2. The zero-order valence-corrected chi connectivity index (χ0v) is 8.24. The van der Waals surface area contributed by atoms with Gasteiger partial charge in [-0.2, -0.15) is 0 Å². The van der Waals surface area contributed by atoms with Crippen molar-refractivity contribution in [3.8, 4) is 0 Å². The molecule has 0 spiro atoms. The summed E-state index contributed by atoms with van der Waals surface area (Å²) < 4.78 is 5.20. The molecule has 1 amide bonds. The molecule has 2 aliphatic heterocycles. The van der Waals surface area contributed by atoms with Crippen molar-refractivity contribution in [2.24, 2.45) is 0 Å². The molecule has 14 heavy (non-hydrogen) atoms. The Labute approximate surface area is 83.8 Å². The number of hydrogen-bond donors (Lipinski definition) is 1. The van der Waals surface area contributed by atoms with Crippen LogP contribution < -0.4 is 10.6 Å². The van der Waals surface area contributed by atoms with E-state index in [-0.39, 0.29) is 11.9 Å². The SMILES string of the molecule is O=C(C1CNCC[N]1)N1CCOCC1. The van der Waals surface area contributed by atoms with Crippen LogP contribution in [0.1, 0.15) is 0 Å². The smallest absolute Gasteiger partial charge is 0.242 e. The Hall–Kier alpha value is -0.650. The molecule has 0 bridgehead atoms. The van der Waals surface area contributed by atoms with Gasteiger partial charge in [0.1, 0.15) is 6.04 Å². The normalized spacial score (nSPS) is 28.9. The third-order valence-corrected chi connectivity index (χ3v) is 2.58. The van der Waals surface area contributed by atoms with Crippen LogP contribution in [0.2, 0.25) is 0 Å². The molecule has 2 fully saturated rings. The highest BCUT2D eigenvalue weighted by atomic mass is 16.5. The monoisotopic (exact) mass is 198 g/mol. The number of nitrogens with zero attached hydrogens (tertiary/aromatic N) is 2. The largest absolute Gasteiger partial charge is 0.378 e. The van der Waals surface area contributed by atoms with Crippen LogP contribution in [0, 0.1) is 0 Å². The molecule has 2 rings (SSSR count). The summed E-state index contributed by atoms with van der Waals surface area (Å²) in [6, 6.07) is -0.165. The van der Waals surface area contributed by atoms with Crippen molar-refractivity contribution >= 4 is 5.91 Å². The predicted octanol–water partition coefficient (Wildman–Crippen LogP) is -1.58. The van der Waals surface area contributed by atoms with E-state index in [9.17, 15) is 4.79 Å². The number of piperazine rings is 1. The maximum absolute atomic E-state index is 11.9. The lowest BCUT2D eigenvalue weighted by molar-refractivity contribution is -0.137. The van der Waals surface area contributed by atoms with Crippen molar-refractivity contribution in [1.29, 1.82) is 0 Å². The molecule has 2 saturated heterocycles. The van der Waals surface area contributed by atoms with Crippen molar-refractivity contribution in [2.45, 2.75) is 6.04 Å². The fourth-order valence-corrected chi connectivity index (χ4v) is 1.76. The van der Waals surface area contributed by atoms with Gasteiger partial charge in [0.2, 0.25) is 5.91 Å². The number of hydrogen-bond acceptors (Lipinski definition) is 3. The molecular weight excluding hydrogens is 182 g/mol. The molecule has 0 aromatic heterocycles. The van der Waals surface area contributed by atoms with Gasteiger partial charge in [-0.1, -0.05) is 0 Å². The molecule has 0 saturated carbocycles. The van der Waals surface area contributed by atoms with Crippen molar-refractivity contribution in [3.05, 3.63) is 0 Å². The van der Waals surface area contributed by atoms with Gasteiger partial charge in [-0.15, -0.1) is 0 Å². The van der Waals surface area contributed by atoms with Gasteiger partial charge in [-0.3, -0.25) is 4.79 Å². The number of ether oxygens (including phenoxy) is 1. The number of amides is 1. The Balaban J connectivity index is 1.85. The minimum absolute atomic E-state index is 0.153. The van der Waals surface area contributed by atoms with E-state index in [4.69, 9.17) is 4.74 Å². The summed E-state index contributed by atoms with van der Waals surface area (Å²) in [5, 5.41) is 7.49. The van der Waals surface area contributed by atoms with Crippen molar-refractivity contribution < 1.29 is 9.53 Å². The first-order valence-corrected chi connectivity index (χ1v) is 5.12. The third-order valence-electron chi connectivity index (χ3n) is 2.58. The zero-order chi connectivity index (χ0) is 9.80. The fourth-order valence-electron chi connectivity index (χ4n) is 1.76. The van der Waals surface area contributed by atoms with Crippen LogP contribution in [-0.2, 0) is 9.53 Å². The van der Waals surface area contributed by atoms with Crippen molar-refractivity contribution in [1.82, 2.24) is 15.5 Å². The molecule has 2 aliphatic rings. The first-order valence-electron chi connectivity index (χ1n) is 5.12. The van der Waals surface area contributed by atoms with E-state index < -0.39 is 0 Å². The van der Waals surface area contributed by atoms with Crippen molar-refractivity contribution in [2.75, 3.05) is 45.9 Å². The van der Waals surface area contributed by atoms with Crippen LogP contribution in [-0.4, -0.2) is 62.8 Å². The molecule has 0 aliphatic carbocycles. The molecule has 2 heterocycles. The highest BCUT2D eigenvalue weighted by Gasteiger charge is 2.27. The maximum atomic E-state index is 11.9. The van der Waals surface area contributed by atoms with E-state index in [1.807, 2.05) is 4.90 Å². The van der Waals surface area contributed by atoms with Crippen LogP contribution in [0.3, 0.4) is 0 Å². The highest BCUT2D eigenvalue weighted by Crippen LogP contribution is 2.02. The van der Waals surface area contributed by atoms with Crippen LogP contribution in [0.25, 0.3) is 0 Å². The average molecular weight is 198 g/mol. The molecule has 5 heteroatoms. The van der Waals surface area contributed by atoms with Crippen LogP contribution in [0.5, 0.6) is 0 Å². The van der Waals surface area contributed by atoms with Gasteiger partial charge < -0.3 is 15.0 Å². The Morgan fingerprint density at radius 1 is 1.43 bits per heavy atom. The quantitative estimate of drug-likeness (QED) is 0.553. The maximum Gasteiger partial charge on any atom is 0.242 e. The molecule has 1 atom stereocenters. The van der Waals surface area contributed by atoms with E-state index in [1.54, 1.807) is 0 Å². The van der Waals surface area contributed by atoms with Crippen molar-refractivity contribution in [3.63, 3.8) is 0 Å². The highest BCUT2D eigenvalue weighted by molar-refractivity contribution is 5.82. The summed E-state index contributed by atoms with van der Waals surface area (Å²) in [7, 11) is 0. The van der Waals surface area contributed by atoms with E-state index >= 15 is 0 Å². The second-order valence-corrected chi connectivity index (χ2v) is 3.56. The van der Waals surface area contributed by atoms with Crippen LogP contribution in [0.15, 0.2) is 0 Å². The van der Waals surface area contributed by atoms with Gasteiger partial charge in [0.25, 0.3) is 0 Å². The van der Waals surface area contributed by atoms with E-state index in [2.05, 4.69) is 10.6 Å². The molecule has 1 N–H and O–H groups in total. The average Bonchev–Trinajstić information content (AvgIpc) is 2.30. The minimum atomic E-state index is -0.165. The van der Waals surface area contributed by atoms with Gasteiger partial charge in [0.05, 0.1) is 13.2 Å². The number of nitrogens with one attached hydrogen (secondary N) is 1. The molecule has 79 valence electrons. The second-order valence-electron chi connectivity index (χ2n) is 3.56. The predicted molar refractivity (Wildman–Crippen MR) is 51.1 cm³/mol. The number of carbonyl (C=O) groups is 1. The van der Waals surface area contributed by atoms with Gasteiger partial charge in [0, 0.05) is 32.7 Å². The summed E-state index contributed by atoms with van der Waals surface area (Å²) in [5.74, 6) is 0.153. The molecule has 1 radical (unpaired) electrons. The standard InChI is InChI=1S/C9H16N3O2/c13-9(8-7-10-1-2-11-8)12-3-5-14-6-4-12/h8,10H,1-7H2. The van der Waals surface area contributed by atoms with Crippen LogP contribution in [0.4, 0.5) is 0 Å². The topological polar surface area (TPSA) is 55.7 Å². The second kappa shape index (κ2) is 4.72. The van der Waals surface area contributed by atoms with Gasteiger partial charge in [-0.25, -0.2) is 5.32 Å². The van der Waals surface area contributed by atoms with E-state index in [1.165, 1.54) is 0 Å². The number of carbonyl (C=O) groups excluding carboxylic acids is 1. The van der Waals surface area contributed by atoms with E-state index in [0.717, 1.165) is 13.1 Å². The first kappa shape index (κ1) is 9.89. The van der Waals surface area contributed by atoms with Gasteiger partial charge in [0.15, 0.2) is 0 Å². The third kappa shape index (κ3) is 2.23. The summed E-state index contributed by atoms with van der Waals surface area (Å²) >= 11 is 0. The Bertz CT molecular complexity index is 178. The summed E-state index contributed by atoms with van der Waals surface area (Å²) in [4.78, 5) is 13.7. The molecule has 0 aromatic carbocycles. The first-order chi connectivity index (χ1) is 6.88. The van der Waals surface area contributed by atoms with Gasteiger partial charge in [-0.05, 0) is 0 Å². The Morgan fingerprint density at radius 3 is 2.86 bits per heavy atom. The van der Waals surface area contributed by atoms with Gasteiger partial charge >= 0.3 is 0 Å². The summed E-state index contributed by atoms with van der Waals surface area (Å²) in [6.45, 7) is 5.08. The summed E-state index contributed by atoms with van der Waals surface area (Å²) in [6.07, 6.45) is 0.